The molecule has 5 rings (SSSR count). The first-order chi connectivity index (χ1) is 21.1. The number of thiazole rings is 1. The molecular formula is C30H35N3O7S4. The summed E-state index contributed by atoms with van der Waals surface area (Å²) in [7, 11) is -2.12. The van der Waals surface area contributed by atoms with Gasteiger partial charge in [-0.1, -0.05) is 73.4 Å². The van der Waals surface area contributed by atoms with Crippen LogP contribution in [0.1, 0.15) is 18.9 Å². The topological polar surface area (TPSA) is 123 Å². The lowest BCUT2D eigenvalue weighted by atomic mass is 10.1. The molecule has 1 aromatic heterocycles. The van der Waals surface area contributed by atoms with Crippen LogP contribution >= 0.6 is 23.1 Å². The Hall–Kier alpha value is -2.66. The molecule has 1 unspecified atom stereocenters. The van der Waals surface area contributed by atoms with Gasteiger partial charge in [0.1, 0.15) is 10.6 Å². The molecule has 0 saturated carbocycles. The van der Waals surface area contributed by atoms with Crippen LogP contribution < -0.4 is 14.7 Å². The Morgan fingerprint density at radius 2 is 1.84 bits per heavy atom. The molecule has 0 aliphatic carbocycles. The van der Waals surface area contributed by atoms with E-state index < -0.39 is 27.1 Å². The van der Waals surface area contributed by atoms with E-state index in [1.54, 1.807) is 9.47 Å². The SMILES string of the molecule is CCN(C)CC.O=S(CN1C(=CC=C2C=C(C=Cc3sc4ccccc4[n+]3CS(=O)(=O)O)COC2)Sc2ccccc21)O[O-]. The summed E-state index contributed by atoms with van der Waals surface area (Å²) in [5.41, 5.74) is 3.37. The van der Waals surface area contributed by atoms with Gasteiger partial charge in [0, 0.05) is 17.0 Å². The normalized spacial score (nSPS) is 17.8. The molecule has 0 bridgehead atoms. The van der Waals surface area contributed by atoms with E-state index >= 15 is 0 Å². The van der Waals surface area contributed by atoms with Gasteiger partial charge in [0.25, 0.3) is 10.9 Å². The molecule has 2 aliphatic heterocycles. The van der Waals surface area contributed by atoms with Crippen molar-refractivity contribution >= 4 is 66.3 Å². The van der Waals surface area contributed by atoms with Gasteiger partial charge in [-0.2, -0.15) is 13.0 Å². The number of anilines is 1. The van der Waals surface area contributed by atoms with Crippen molar-refractivity contribution in [3.05, 3.63) is 94.0 Å². The van der Waals surface area contributed by atoms with E-state index in [2.05, 4.69) is 30.1 Å². The molecule has 0 amide bonds. The van der Waals surface area contributed by atoms with Gasteiger partial charge in [0.2, 0.25) is 5.52 Å². The first-order valence-corrected chi connectivity index (χ1v) is 18.3. The van der Waals surface area contributed by atoms with Crippen LogP contribution in [0.15, 0.2) is 93.9 Å². The van der Waals surface area contributed by atoms with Crippen molar-refractivity contribution in [2.75, 3.05) is 44.1 Å². The Morgan fingerprint density at radius 1 is 1.11 bits per heavy atom. The standard InChI is InChI=1S/C25H22N2O7S4.C5H13N/c28-34-37(29)16-26-20-5-1-3-7-22(20)35-24(26)11-9-18-13-19(15-33-14-18)10-12-25-27(17-38(30,31)32)21-6-2-4-8-23(21)36-25;1-4-6(3)5-2/h1-13H,14-17H2,(H-,28,30,31,32);4-5H2,1-3H3. The number of benzene rings is 2. The van der Waals surface area contributed by atoms with Crippen LogP contribution in [0.4, 0.5) is 5.69 Å². The van der Waals surface area contributed by atoms with Crippen molar-refractivity contribution in [1.82, 2.24) is 4.90 Å². The number of ether oxygens (including phenoxy) is 1. The summed E-state index contributed by atoms with van der Waals surface area (Å²) in [6.07, 6.45) is 9.48. The minimum Gasteiger partial charge on any atom is -0.709 e. The fraction of sp³-hybridized carbons (Fsp3) is 0.300. The summed E-state index contributed by atoms with van der Waals surface area (Å²) < 4.78 is 56.5. The Balaban J connectivity index is 0.000000670. The average Bonchev–Trinajstić information content (AvgIpc) is 3.55. The zero-order chi connectivity index (χ0) is 31.7. The minimum atomic E-state index is -4.23. The van der Waals surface area contributed by atoms with Crippen molar-refractivity contribution in [3.8, 4) is 0 Å². The maximum Gasteiger partial charge on any atom is 0.326 e. The highest BCUT2D eigenvalue weighted by Crippen LogP contribution is 2.45. The van der Waals surface area contributed by atoms with E-state index in [1.165, 1.54) is 23.1 Å². The van der Waals surface area contributed by atoms with E-state index in [1.807, 2.05) is 78.9 Å². The molecule has 2 aromatic carbocycles. The van der Waals surface area contributed by atoms with Crippen LogP contribution in [0.2, 0.25) is 0 Å². The van der Waals surface area contributed by atoms with Gasteiger partial charge < -0.3 is 24.1 Å². The van der Waals surface area contributed by atoms with Gasteiger partial charge in [-0.25, -0.2) is 4.21 Å². The highest BCUT2D eigenvalue weighted by Gasteiger charge is 2.26. The lowest BCUT2D eigenvalue weighted by molar-refractivity contribution is -0.649. The van der Waals surface area contributed by atoms with Gasteiger partial charge in [0.15, 0.2) is 11.1 Å². The van der Waals surface area contributed by atoms with E-state index in [9.17, 15) is 22.4 Å². The Kier molecular flexibility index (Phi) is 12.5. The lowest BCUT2D eigenvalue weighted by Gasteiger charge is -2.20. The van der Waals surface area contributed by atoms with Gasteiger partial charge in [-0.05, 0) is 61.6 Å². The third-order valence-corrected chi connectivity index (χ3v) is 10.2. The average molecular weight is 678 g/mol. The van der Waals surface area contributed by atoms with Crippen LogP contribution in [0.5, 0.6) is 0 Å². The largest absolute Gasteiger partial charge is 0.709 e. The summed E-state index contributed by atoms with van der Waals surface area (Å²) in [6, 6.07) is 15.1. The zero-order valence-electron chi connectivity index (χ0n) is 24.6. The molecule has 0 fully saturated rings. The van der Waals surface area contributed by atoms with Crippen LogP contribution in [-0.4, -0.2) is 61.3 Å². The molecular weight excluding hydrogens is 643 g/mol. The predicted molar refractivity (Wildman–Crippen MR) is 175 cm³/mol. The van der Waals surface area contributed by atoms with Gasteiger partial charge in [-0.3, -0.25) is 4.55 Å². The van der Waals surface area contributed by atoms with E-state index in [4.69, 9.17) is 4.74 Å². The Morgan fingerprint density at radius 3 is 2.55 bits per heavy atom. The molecule has 44 heavy (non-hydrogen) atoms. The maximum absolute atomic E-state index is 11.8. The number of rotatable bonds is 10. The smallest absolute Gasteiger partial charge is 0.326 e. The number of hydrogen-bond donors (Lipinski definition) is 1. The molecule has 0 radical (unpaired) electrons. The van der Waals surface area contributed by atoms with Crippen molar-refractivity contribution < 1.29 is 36.1 Å². The fourth-order valence-electron chi connectivity index (χ4n) is 4.29. The predicted octanol–water partition coefficient (Wildman–Crippen LogP) is 4.26. The lowest BCUT2D eigenvalue weighted by Crippen LogP contribution is -2.38. The molecule has 3 heterocycles. The zero-order valence-corrected chi connectivity index (χ0v) is 27.9. The van der Waals surface area contributed by atoms with E-state index in [0.717, 1.165) is 50.1 Å². The monoisotopic (exact) mass is 677 g/mol. The number of thioether (sulfide) groups is 1. The van der Waals surface area contributed by atoms with Crippen LogP contribution in [0.3, 0.4) is 0 Å². The van der Waals surface area contributed by atoms with Crippen molar-refractivity contribution in [1.29, 1.82) is 0 Å². The number of allylic oxidation sites excluding steroid dienone is 2. The molecule has 0 spiro atoms. The summed E-state index contributed by atoms with van der Waals surface area (Å²) >= 11 is 0.931. The van der Waals surface area contributed by atoms with Crippen LogP contribution in [-0.2, 0) is 36.1 Å². The van der Waals surface area contributed by atoms with Crippen molar-refractivity contribution in [2.45, 2.75) is 24.6 Å². The first-order valence-electron chi connectivity index (χ1n) is 13.8. The molecule has 0 saturated heterocycles. The number of para-hydroxylation sites is 2. The second-order valence-corrected chi connectivity index (χ2v) is 14.4. The summed E-state index contributed by atoms with van der Waals surface area (Å²) in [5.74, 6) is -0.620. The van der Waals surface area contributed by atoms with E-state index in [-0.39, 0.29) is 5.88 Å². The van der Waals surface area contributed by atoms with Gasteiger partial charge in [0.05, 0.1) is 23.9 Å². The van der Waals surface area contributed by atoms with Gasteiger partial charge >= 0.3 is 10.1 Å². The van der Waals surface area contributed by atoms with E-state index in [0.29, 0.717) is 18.2 Å². The maximum atomic E-state index is 11.8. The number of fused-ring (bicyclic) bond motifs is 2. The fourth-order valence-corrected chi connectivity index (χ4v) is 7.72. The number of hydrogen-bond acceptors (Lipinski definition) is 10. The van der Waals surface area contributed by atoms with Crippen LogP contribution in [0, 0.1) is 0 Å². The highest BCUT2D eigenvalue weighted by molar-refractivity contribution is 8.03. The second-order valence-electron chi connectivity index (χ2n) is 9.83. The number of nitrogens with zero attached hydrogens (tertiary/aromatic N) is 3. The molecule has 1 atom stereocenters. The highest BCUT2D eigenvalue weighted by atomic mass is 32.2. The molecule has 10 nitrogen and oxygen atoms in total. The van der Waals surface area contributed by atoms with Crippen molar-refractivity contribution in [3.63, 3.8) is 0 Å². The van der Waals surface area contributed by atoms with Gasteiger partial charge in [-0.15, -0.1) is 0 Å². The molecule has 2 aliphatic rings. The summed E-state index contributed by atoms with van der Waals surface area (Å²) in [6.45, 7) is 7.43. The Bertz CT molecular complexity index is 1710. The third-order valence-electron chi connectivity index (χ3n) is 6.74. The third kappa shape index (κ3) is 9.42. The second kappa shape index (κ2) is 16.1. The Labute approximate surface area is 268 Å². The minimum absolute atomic E-state index is 0.0818. The summed E-state index contributed by atoms with van der Waals surface area (Å²) in [5, 5.41) is 12.1. The van der Waals surface area contributed by atoms with Crippen LogP contribution in [0.25, 0.3) is 16.3 Å². The molecule has 3 aromatic rings. The molecule has 236 valence electrons. The number of aromatic nitrogens is 1. The quantitative estimate of drug-likeness (QED) is 0.144. The molecule has 1 N–H and O–H groups in total. The first kappa shape index (κ1) is 34.2. The molecule has 14 heteroatoms. The van der Waals surface area contributed by atoms with Crippen molar-refractivity contribution in [2.24, 2.45) is 0 Å². The summed E-state index contributed by atoms with van der Waals surface area (Å²) in [4.78, 5) is 5.02.